The van der Waals surface area contributed by atoms with Crippen molar-refractivity contribution in [2.45, 2.75) is 0 Å². The zero-order chi connectivity index (χ0) is 7.07. The lowest BCUT2D eigenvalue weighted by atomic mass is 10.5. The van der Waals surface area contributed by atoms with Gasteiger partial charge in [-0.3, -0.25) is 15.0 Å². The van der Waals surface area contributed by atoms with Crippen molar-refractivity contribution in [3.05, 3.63) is 12.2 Å². The monoisotopic (exact) mass is 135 g/mol. The van der Waals surface area contributed by atoms with E-state index in [1.165, 1.54) is 0 Å². The predicted octanol–water partition coefficient (Wildman–Crippen LogP) is 0.726. The van der Waals surface area contributed by atoms with Gasteiger partial charge in [0.25, 0.3) is 0 Å². The fourth-order valence-corrected chi connectivity index (χ4v) is 0.540. The normalized spacial score (nSPS) is 30.4. The first-order valence-corrected chi connectivity index (χ1v) is 3.13. The second-order valence-corrected chi connectivity index (χ2v) is 1.75. The molecule has 3 nitrogen and oxygen atoms in total. The molecule has 0 N–H and O–H groups in total. The van der Waals surface area contributed by atoms with Crippen molar-refractivity contribution in [2.75, 3.05) is 13.2 Å². The summed E-state index contributed by atoms with van der Waals surface area (Å²) in [6.45, 7) is 1.20. The van der Waals surface area contributed by atoms with Gasteiger partial charge in [-0.15, -0.1) is 0 Å². The molecule has 0 spiro atoms. The van der Waals surface area contributed by atoms with Crippen molar-refractivity contribution in [3.63, 3.8) is 0 Å². The van der Waals surface area contributed by atoms with Gasteiger partial charge in [0, 0.05) is 18.6 Å². The lowest BCUT2D eigenvalue weighted by Gasteiger charge is -1.84. The molecular formula is C7H9N3. The summed E-state index contributed by atoms with van der Waals surface area (Å²) >= 11 is 0. The Balaban J connectivity index is 2.50. The van der Waals surface area contributed by atoms with Crippen LogP contribution < -0.4 is 0 Å². The fraction of sp³-hybridized carbons (Fsp3) is 0.286. The topological polar surface area (TPSA) is 37.1 Å². The highest BCUT2D eigenvalue weighted by Crippen LogP contribution is 1.76. The summed E-state index contributed by atoms with van der Waals surface area (Å²) in [5.41, 5.74) is 0. The third-order valence-electron chi connectivity index (χ3n) is 0.979. The third-order valence-corrected chi connectivity index (χ3v) is 0.979. The maximum Gasteiger partial charge on any atom is 0.129 e. The van der Waals surface area contributed by atoms with E-state index in [-0.39, 0.29) is 0 Å². The summed E-state index contributed by atoms with van der Waals surface area (Å²) in [5.74, 6) is 0. The largest absolute Gasteiger partial charge is 0.287 e. The van der Waals surface area contributed by atoms with Crippen LogP contribution in [0.1, 0.15) is 0 Å². The van der Waals surface area contributed by atoms with Crippen LogP contribution in [0.4, 0.5) is 0 Å². The van der Waals surface area contributed by atoms with Crippen molar-refractivity contribution in [2.24, 2.45) is 15.0 Å². The number of aliphatic imine (C=N–C) groups is 3. The molecule has 0 unspecified atom stereocenters. The van der Waals surface area contributed by atoms with Crippen LogP contribution in [0.2, 0.25) is 0 Å². The molecule has 0 aliphatic carbocycles. The molecule has 0 fully saturated rings. The SMILES string of the molecule is C1=C\C/N=C\C=N/C\N=C/1. The smallest absolute Gasteiger partial charge is 0.129 e. The lowest BCUT2D eigenvalue weighted by Crippen LogP contribution is -1.84. The molecule has 1 aliphatic heterocycles. The van der Waals surface area contributed by atoms with Crippen molar-refractivity contribution in [1.82, 2.24) is 0 Å². The molecule has 3 heteroatoms. The highest BCUT2D eigenvalue weighted by atomic mass is 14.9. The number of allylic oxidation sites excluding steroid dienone is 1. The molecule has 0 radical (unpaired) electrons. The first kappa shape index (κ1) is 6.86. The van der Waals surface area contributed by atoms with Gasteiger partial charge in [0.15, 0.2) is 0 Å². The highest BCUT2D eigenvalue weighted by Gasteiger charge is 1.73. The van der Waals surface area contributed by atoms with Gasteiger partial charge in [-0.25, -0.2) is 0 Å². The summed E-state index contributed by atoms with van der Waals surface area (Å²) in [6.07, 6.45) is 8.90. The van der Waals surface area contributed by atoms with Crippen molar-refractivity contribution >= 4 is 18.6 Å². The van der Waals surface area contributed by atoms with E-state index >= 15 is 0 Å². The summed E-state index contributed by atoms with van der Waals surface area (Å²) in [5, 5.41) is 0. The van der Waals surface area contributed by atoms with E-state index in [1.54, 1.807) is 18.6 Å². The van der Waals surface area contributed by atoms with Crippen LogP contribution >= 0.6 is 0 Å². The number of nitrogens with zero attached hydrogens (tertiary/aromatic N) is 3. The maximum absolute atomic E-state index is 4.01. The average molecular weight is 135 g/mol. The Morgan fingerprint density at radius 2 is 1.70 bits per heavy atom. The third kappa shape index (κ3) is 2.91. The minimum absolute atomic E-state index is 0.496. The van der Waals surface area contributed by atoms with Crippen LogP contribution in [0.5, 0.6) is 0 Å². The molecule has 1 aliphatic rings. The van der Waals surface area contributed by atoms with Crippen LogP contribution in [-0.2, 0) is 0 Å². The van der Waals surface area contributed by atoms with Gasteiger partial charge >= 0.3 is 0 Å². The summed E-state index contributed by atoms with van der Waals surface area (Å²) in [6, 6.07) is 0. The van der Waals surface area contributed by atoms with E-state index in [9.17, 15) is 0 Å². The average Bonchev–Trinajstić information content (AvgIpc) is 2.01. The van der Waals surface area contributed by atoms with E-state index in [4.69, 9.17) is 0 Å². The van der Waals surface area contributed by atoms with Crippen molar-refractivity contribution < 1.29 is 0 Å². The highest BCUT2D eigenvalue weighted by molar-refractivity contribution is 6.16. The molecule has 10 heavy (non-hydrogen) atoms. The zero-order valence-corrected chi connectivity index (χ0v) is 5.64. The van der Waals surface area contributed by atoms with Crippen molar-refractivity contribution in [3.8, 4) is 0 Å². The van der Waals surface area contributed by atoms with Gasteiger partial charge in [-0.05, 0) is 6.08 Å². The standard InChI is InChI=1S/C7H9N3/c1-2-4-9-7-10-6-5-8-3-1/h1-2,4-6H,3,7H2/b2-1-,8-5-,9-4-,10-6-. The lowest BCUT2D eigenvalue weighted by molar-refractivity contribution is 1.09. The molecule has 0 aromatic rings. The van der Waals surface area contributed by atoms with Crippen LogP contribution in [0.25, 0.3) is 0 Å². The van der Waals surface area contributed by atoms with Crippen LogP contribution in [0.3, 0.4) is 0 Å². The minimum atomic E-state index is 0.496. The molecule has 52 valence electrons. The molecule has 1 heterocycles. The first-order chi connectivity index (χ1) is 5.00. The Morgan fingerprint density at radius 1 is 0.900 bits per heavy atom. The zero-order valence-electron chi connectivity index (χ0n) is 5.64. The van der Waals surface area contributed by atoms with Crippen molar-refractivity contribution in [1.29, 1.82) is 0 Å². The van der Waals surface area contributed by atoms with Gasteiger partial charge in [-0.1, -0.05) is 6.08 Å². The summed E-state index contributed by atoms with van der Waals surface area (Å²) < 4.78 is 0. The molecule has 0 saturated heterocycles. The number of rotatable bonds is 0. The molecule has 0 amide bonds. The maximum atomic E-state index is 4.01. The van der Waals surface area contributed by atoms with Crippen LogP contribution in [-0.4, -0.2) is 31.9 Å². The quantitative estimate of drug-likeness (QED) is 0.469. The van der Waals surface area contributed by atoms with Gasteiger partial charge in [0.05, 0.1) is 6.54 Å². The van der Waals surface area contributed by atoms with Gasteiger partial charge in [-0.2, -0.15) is 0 Å². The Morgan fingerprint density at radius 3 is 2.70 bits per heavy atom. The van der Waals surface area contributed by atoms with E-state index in [2.05, 4.69) is 15.0 Å². The number of hydrogen-bond acceptors (Lipinski definition) is 3. The van der Waals surface area contributed by atoms with Crippen LogP contribution in [0.15, 0.2) is 27.1 Å². The fourth-order valence-electron chi connectivity index (χ4n) is 0.540. The Labute approximate surface area is 59.9 Å². The Bertz CT molecular complexity index is 147. The van der Waals surface area contributed by atoms with Gasteiger partial charge in [0.2, 0.25) is 0 Å². The second kappa shape index (κ2) is 4.61. The molecule has 0 aromatic heterocycles. The van der Waals surface area contributed by atoms with E-state index < -0.39 is 0 Å². The predicted molar refractivity (Wildman–Crippen MR) is 44.4 cm³/mol. The number of hydrogen-bond donors (Lipinski definition) is 0. The molecular weight excluding hydrogens is 126 g/mol. The molecule has 0 saturated carbocycles. The minimum Gasteiger partial charge on any atom is -0.287 e. The van der Waals surface area contributed by atoms with Gasteiger partial charge < -0.3 is 0 Å². The molecule has 0 aromatic carbocycles. The van der Waals surface area contributed by atoms with E-state index in [0.29, 0.717) is 13.2 Å². The van der Waals surface area contributed by atoms with Gasteiger partial charge in [0.1, 0.15) is 6.67 Å². The molecule has 1 rings (SSSR count). The van der Waals surface area contributed by atoms with E-state index in [0.717, 1.165) is 0 Å². The van der Waals surface area contributed by atoms with Crippen LogP contribution in [0, 0.1) is 0 Å². The first-order valence-electron chi connectivity index (χ1n) is 3.13. The second-order valence-electron chi connectivity index (χ2n) is 1.75. The molecule has 0 bridgehead atoms. The molecule has 0 atom stereocenters. The Kier molecular flexibility index (Phi) is 3.17. The Hall–Kier alpha value is -1.25. The van der Waals surface area contributed by atoms with E-state index in [1.807, 2.05) is 12.2 Å². The summed E-state index contributed by atoms with van der Waals surface area (Å²) in [4.78, 5) is 11.9. The summed E-state index contributed by atoms with van der Waals surface area (Å²) in [7, 11) is 0.